The van der Waals surface area contributed by atoms with E-state index in [9.17, 15) is 4.79 Å². The Labute approximate surface area is 138 Å². The summed E-state index contributed by atoms with van der Waals surface area (Å²) in [7, 11) is 1.51. The zero-order valence-corrected chi connectivity index (χ0v) is 13.6. The number of methoxy groups -OCH3 is 1. The van der Waals surface area contributed by atoms with E-state index in [1.807, 2.05) is 36.6 Å². The molecule has 1 amide bonds. The molecule has 2 aromatic heterocycles. The summed E-state index contributed by atoms with van der Waals surface area (Å²) in [6.45, 7) is 2.04. The maximum absolute atomic E-state index is 12.3. The SMILES string of the molecule is COc1cccnc1C(=O)Nc1nc(-c2ccc(C)cc2)cs1. The number of pyridine rings is 1. The molecule has 6 heteroatoms. The van der Waals surface area contributed by atoms with Crippen molar-refractivity contribution in [3.8, 4) is 17.0 Å². The predicted molar refractivity (Wildman–Crippen MR) is 91.0 cm³/mol. The lowest BCUT2D eigenvalue weighted by Crippen LogP contribution is -2.14. The number of ether oxygens (including phenoxy) is 1. The Morgan fingerprint density at radius 2 is 2.00 bits per heavy atom. The molecule has 2 heterocycles. The summed E-state index contributed by atoms with van der Waals surface area (Å²) >= 11 is 1.37. The first-order chi connectivity index (χ1) is 11.2. The van der Waals surface area contributed by atoms with E-state index in [0.717, 1.165) is 11.3 Å². The highest BCUT2D eigenvalue weighted by Crippen LogP contribution is 2.26. The maximum atomic E-state index is 12.3. The summed E-state index contributed by atoms with van der Waals surface area (Å²) in [5.41, 5.74) is 3.28. The van der Waals surface area contributed by atoms with Crippen LogP contribution in [0.4, 0.5) is 5.13 Å². The Bertz CT molecular complexity index is 828. The molecular weight excluding hydrogens is 310 g/mol. The number of carbonyl (C=O) groups is 1. The van der Waals surface area contributed by atoms with Gasteiger partial charge in [0.2, 0.25) is 0 Å². The zero-order valence-electron chi connectivity index (χ0n) is 12.7. The van der Waals surface area contributed by atoms with Gasteiger partial charge in [-0.05, 0) is 19.1 Å². The van der Waals surface area contributed by atoms with Crippen molar-refractivity contribution in [3.05, 3.63) is 59.2 Å². The van der Waals surface area contributed by atoms with Crippen LogP contribution in [0, 0.1) is 6.92 Å². The van der Waals surface area contributed by atoms with Crippen molar-refractivity contribution in [1.82, 2.24) is 9.97 Å². The molecule has 1 aromatic carbocycles. The summed E-state index contributed by atoms with van der Waals surface area (Å²) in [4.78, 5) is 20.8. The molecule has 0 unspecified atom stereocenters. The van der Waals surface area contributed by atoms with Gasteiger partial charge < -0.3 is 4.74 Å². The zero-order chi connectivity index (χ0) is 16.2. The summed E-state index contributed by atoms with van der Waals surface area (Å²) in [6, 6.07) is 11.5. The molecule has 0 radical (unpaired) electrons. The number of benzene rings is 1. The van der Waals surface area contributed by atoms with Crippen LogP contribution in [0.15, 0.2) is 48.0 Å². The van der Waals surface area contributed by atoms with Crippen LogP contribution < -0.4 is 10.1 Å². The van der Waals surface area contributed by atoms with E-state index < -0.39 is 0 Å². The Balaban J connectivity index is 1.79. The van der Waals surface area contributed by atoms with Crippen LogP contribution in [0.3, 0.4) is 0 Å². The summed E-state index contributed by atoms with van der Waals surface area (Å²) in [6.07, 6.45) is 1.55. The highest BCUT2D eigenvalue weighted by Gasteiger charge is 2.15. The number of nitrogens with zero attached hydrogens (tertiary/aromatic N) is 2. The Hall–Kier alpha value is -2.73. The molecule has 0 aliphatic rings. The average Bonchev–Trinajstić information content (AvgIpc) is 3.04. The minimum Gasteiger partial charge on any atom is -0.494 e. The number of aryl methyl sites for hydroxylation is 1. The molecule has 3 rings (SSSR count). The van der Waals surface area contributed by atoms with Crippen LogP contribution in [0.1, 0.15) is 16.1 Å². The second kappa shape index (κ2) is 6.58. The van der Waals surface area contributed by atoms with Crippen molar-refractivity contribution >= 4 is 22.4 Å². The first-order valence-electron chi connectivity index (χ1n) is 7.00. The third-order valence-corrected chi connectivity index (χ3v) is 4.04. The number of carbonyl (C=O) groups excluding carboxylic acids is 1. The lowest BCUT2D eigenvalue weighted by molar-refractivity contribution is 0.101. The maximum Gasteiger partial charge on any atom is 0.279 e. The summed E-state index contributed by atoms with van der Waals surface area (Å²) in [5, 5.41) is 5.20. The molecule has 116 valence electrons. The fourth-order valence-corrected chi connectivity index (χ4v) is 2.78. The summed E-state index contributed by atoms with van der Waals surface area (Å²) in [5.74, 6) is 0.0903. The van der Waals surface area contributed by atoms with Gasteiger partial charge in [-0.3, -0.25) is 10.1 Å². The van der Waals surface area contributed by atoms with Gasteiger partial charge >= 0.3 is 0 Å². The van der Waals surface area contributed by atoms with Crippen LogP contribution in [-0.2, 0) is 0 Å². The van der Waals surface area contributed by atoms with Crippen molar-refractivity contribution in [2.24, 2.45) is 0 Å². The van der Waals surface area contributed by atoms with Crippen molar-refractivity contribution in [2.45, 2.75) is 6.92 Å². The summed E-state index contributed by atoms with van der Waals surface area (Å²) < 4.78 is 5.15. The van der Waals surface area contributed by atoms with Gasteiger partial charge in [-0.25, -0.2) is 9.97 Å². The van der Waals surface area contributed by atoms with Crippen molar-refractivity contribution in [2.75, 3.05) is 12.4 Å². The number of rotatable bonds is 4. The third-order valence-electron chi connectivity index (χ3n) is 3.28. The lowest BCUT2D eigenvalue weighted by atomic mass is 10.1. The van der Waals surface area contributed by atoms with Gasteiger partial charge in [-0.1, -0.05) is 29.8 Å². The van der Waals surface area contributed by atoms with Gasteiger partial charge in [0.05, 0.1) is 12.8 Å². The number of thiazole rings is 1. The fraction of sp³-hybridized carbons (Fsp3) is 0.118. The van der Waals surface area contributed by atoms with E-state index in [4.69, 9.17) is 4.74 Å². The van der Waals surface area contributed by atoms with Crippen LogP contribution in [0.2, 0.25) is 0 Å². The molecular formula is C17H15N3O2S. The van der Waals surface area contributed by atoms with Gasteiger partial charge in [0.15, 0.2) is 10.8 Å². The number of hydrogen-bond acceptors (Lipinski definition) is 5. The first kappa shape index (κ1) is 15.2. The first-order valence-corrected chi connectivity index (χ1v) is 7.88. The van der Waals surface area contributed by atoms with E-state index in [-0.39, 0.29) is 11.6 Å². The molecule has 0 spiro atoms. The third kappa shape index (κ3) is 3.37. The highest BCUT2D eigenvalue weighted by molar-refractivity contribution is 7.14. The Kier molecular flexibility index (Phi) is 4.34. The van der Waals surface area contributed by atoms with Crippen molar-refractivity contribution < 1.29 is 9.53 Å². The van der Waals surface area contributed by atoms with Crippen molar-refractivity contribution in [3.63, 3.8) is 0 Å². The molecule has 5 nitrogen and oxygen atoms in total. The topological polar surface area (TPSA) is 64.1 Å². The molecule has 0 saturated carbocycles. The van der Waals surface area contributed by atoms with Gasteiger partial charge in [-0.15, -0.1) is 11.3 Å². The monoisotopic (exact) mass is 325 g/mol. The minimum atomic E-state index is -0.341. The Morgan fingerprint density at radius 3 is 2.74 bits per heavy atom. The van der Waals surface area contributed by atoms with Gasteiger partial charge in [0.1, 0.15) is 5.75 Å². The Morgan fingerprint density at radius 1 is 1.22 bits per heavy atom. The van der Waals surface area contributed by atoms with Crippen LogP contribution >= 0.6 is 11.3 Å². The quantitative estimate of drug-likeness (QED) is 0.793. The number of nitrogens with one attached hydrogen (secondary N) is 1. The van der Waals surface area contributed by atoms with E-state index in [0.29, 0.717) is 10.9 Å². The number of amides is 1. The number of aromatic nitrogens is 2. The van der Waals surface area contributed by atoms with Gasteiger partial charge in [-0.2, -0.15) is 0 Å². The normalized spacial score (nSPS) is 10.3. The predicted octanol–water partition coefficient (Wildman–Crippen LogP) is 3.77. The largest absolute Gasteiger partial charge is 0.494 e. The molecule has 1 N–H and O–H groups in total. The van der Waals surface area contributed by atoms with E-state index in [2.05, 4.69) is 15.3 Å². The molecule has 0 saturated heterocycles. The molecule has 0 fully saturated rings. The van der Waals surface area contributed by atoms with E-state index >= 15 is 0 Å². The van der Waals surface area contributed by atoms with Gasteiger partial charge in [0.25, 0.3) is 5.91 Å². The highest BCUT2D eigenvalue weighted by atomic mass is 32.1. The number of hydrogen-bond donors (Lipinski definition) is 1. The van der Waals surface area contributed by atoms with E-state index in [1.54, 1.807) is 18.3 Å². The standard InChI is InChI=1S/C17H15N3O2S/c1-11-5-7-12(8-6-11)13-10-23-17(19-13)20-16(21)15-14(22-2)4-3-9-18-15/h3-10H,1-2H3,(H,19,20,21). The van der Waals surface area contributed by atoms with Crippen molar-refractivity contribution in [1.29, 1.82) is 0 Å². The van der Waals surface area contributed by atoms with Crippen LogP contribution in [0.5, 0.6) is 5.75 Å². The molecule has 23 heavy (non-hydrogen) atoms. The molecule has 0 bridgehead atoms. The minimum absolute atomic E-state index is 0.238. The van der Waals surface area contributed by atoms with Crippen LogP contribution in [-0.4, -0.2) is 23.0 Å². The average molecular weight is 325 g/mol. The fourth-order valence-electron chi connectivity index (χ4n) is 2.07. The second-order valence-electron chi connectivity index (χ2n) is 4.91. The number of anilines is 1. The lowest BCUT2D eigenvalue weighted by Gasteiger charge is -2.05. The molecule has 0 aliphatic carbocycles. The van der Waals surface area contributed by atoms with Gasteiger partial charge in [0, 0.05) is 17.1 Å². The second-order valence-corrected chi connectivity index (χ2v) is 5.77. The van der Waals surface area contributed by atoms with Crippen LogP contribution in [0.25, 0.3) is 11.3 Å². The molecule has 0 aliphatic heterocycles. The smallest absolute Gasteiger partial charge is 0.279 e. The molecule has 0 atom stereocenters. The van der Waals surface area contributed by atoms with E-state index in [1.165, 1.54) is 24.0 Å². The molecule has 3 aromatic rings.